The second-order valence-electron chi connectivity index (χ2n) is 4.06. The van der Waals surface area contributed by atoms with E-state index in [9.17, 15) is 12.8 Å². The summed E-state index contributed by atoms with van der Waals surface area (Å²) in [6.07, 6.45) is 0. The molecular weight excluding hydrogens is 299 g/mol. The molecule has 0 aliphatic rings. The van der Waals surface area contributed by atoms with Crippen molar-refractivity contribution in [2.75, 3.05) is 10.8 Å². The van der Waals surface area contributed by atoms with E-state index in [4.69, 9.17) is 5.73 Å². The number of hydrogen-bond donors (Lipinski definition) is 1. The molecule has 0 aliphatic carbocycles. The van der Waals surface area contributed by atoms with Crippen LogP contribution in [-0.4, -0.2) is 15.0 Å². The molecule has 0 unspecified atom stereocenters. The monoisotopic (exact) mass is 314 g/mol. The van der Waals surface area contributed by atoms with Crippen molar-refractivity contribution in [3.63, 3.8) is 0 Å². The summed E-state index contributed by atoms with van der Waals surface area (Å²) in [5.74, 6) is -0.402. The Bertz CT molecular complexity index is 681. The highest BCUT2D eigenvalue weighted by Crippen LogP contribution is 2.28. The van der Waals surface area contributed by atoms with Crippen molar-refractivity contribution in [3.8, 4) is 0 Å². The Morgan fingerprint density at radius 2 is 1.90 bits per heavy atom. The van der Waals surface area contributed by atoms with E-state index in [1.807, 2.05) is 0 Å². The summed E-state index contributed by atoms with van der Waals surface area (Å²) in [7, 11) is -3.68. The van der Waals surface area contributed by atoms with E-state index in [0.29, 0.717) is 10.6 Å². The van der Waals surface area contributed by atoms with Gasteiger partial charge in [-0.1, -0.05) is 0 Å². The molecule has 108 valence electrons. The highest BCUT2D eigenvalue weighted by molar-refractivity contribution is 7.93. The molecule has 20 heavy (non-hydrogen) atoms. The third kappa shape index (κ3) is 2.70. The minimum Gasteiger partial charge on any atom is -0.326 e. The Morgan fingerprint density at radius 1 is 1.25 bits per heavy atom. The van der Waals surface area contributed by atoms with Gasteiger partial charge in [-0.25, -0.2) is 12.8 Å². The third-order valence-electron chi connectivity index (χ3n) is 2.86. The lowest BCUT2D eigenvalue weighted by Crippen LogP contribution is -2.31. The van der Waals surface area contributed by atoms with Crippen LogP contribution in [0.3, 0.4) is 0 Å². The lowest BCUT2D eigenvalue weighted by molar-refractivity contribution is 0.591. The highest BCUT2D eigenvalue weighted by Gasteiger charge is 2.26. The number of sulfonamides is 1. The summed E-state index contributed by atoms with van der Waals surface area (Å²) >= 11 is 1.31. The van der Waals surface area contributed by atoms with Gasteiger partial charge in [0.25, 0.3) is 10.0 Å². The van der Waals surface area contributed by atoms with E-state index in [1.54, 1.807) is 18.4 Å². The van der Waals surface area contributed by atoms with E-state index in [-0.39, 0.29) is 18.0 Å². The van der Waals surface area contributed by atoms with Crippen molar-refractivity contribution in [2.24, 2.45) is 5.73 Å². The van der Waals surface area contributed by atoms with Crippen LogP contribution in [-0.2, 0) is 16.6 Å². The number of thiophene rings is 1. The lowest BCUT2D eigenvalue weighted by atomic mass is 10.3. The molecule has 0 aliphatic heterocycles. The molecular formula is C13H15FN2O2S2. The van der Waals surface area contributed by atoms with E-state index in [0.717, 1.165) is 0 Å². The minimum absolute atomic E-state index is 0.174. The Hall–Kier alpha value is -1.44. The Kier molecular flexibility index (Phi) is 4.42. The first-order valence-corrected chi connectivity index (χ1v) is 8.37. The highest BCUT2D eigenvalue weighted by atomic mass is 32.2. The largest absolute Gasteiger partial charge is 0.326 e. The Balaban J connectivity index is 2.48. The van der Waals surface area contributed by atoms with Crippen LogP contribution in [0.25, 0.3) is 0 Å². The zero-order valence-electron chi connectivity index (χ0n) is 10.9. The van der Waals surface area contributed by atoms with Gasteiger partial charge in [0.2, 0.25) is 0 Å². The van der Waals surface area contributed by atoms with Gasteiger partial charge in [-0.2, -0.15) is 0 Å². The first kappa shape index (κ1) is 15.0. The summed E-state index contributed by atoms with van der Waals surface area (Å²) in [5, 5.41) is 1.70. The first-order chi connectivity index (χ1) is 9.50. The number of benzene rings is 1. The molecule has 0 fully saturated rings. The number of nitrogens with two attached hydrogens (primary N) is 1. The summed E-state index contributed by atoms with van der Waals surface area (Å²) in [4.78, 5) is 0.835. The van der Waals surface area contributed by atoms with E-state index in [2.05, 4.69) is 0 Å². The van der Waals surface area contributed by atoms with Gasteiger partial charge in [0.1, 0.15) is 10.7 Å². The molecule has 0 saturated heterocycles. The summed E-state index contributed by atoms with van der Waals surface area (Å²) in [5.41, 5.74) is 6.00. The van der Waals surface area contributed by atoms with Crippen molar-refractivity contribution in [3.05, 3.63) is 46.4 Å². The topological polar surface area (TPSA) is 63.4 Å². The first-order valence-electron chi connectivity index (χ1n) is 6.05. The van der Waals surface area contributed by atoms with E-state index < -0.39 is 15.8 Å². The molecule has 2 aromatic rings. The summed E-state index contributed by atoms with van der Waals surface area (Å²) in [6.45, 7) is 2.16. The summed E-state index contributed by atoms with van der Waals surface area (Å²) in [6, 6.07) is 6.93. The molecule has 0 radical (unpaired) electrons. The fraction of sp³-hybridized carbons (Fsp3) is 0.231. The summed E-state index contributed by atoms with van der Waals surface area (Å²) < 4.78 is 39.5. The van der Waals surface area contributed by atoms with Gasteiger partial charge in [-0.05, 0) is 42.6 Å². The third-order valence-corrected chi connectivity index (χ3v) is 5.92. The van der Waals surface area contributed by atoms with Gasteiger partial charge in [-0.15, -0.1) is 11.3 Å². The van der Waals surface area contributed by atoms with Crippen molar-refractivity contribution in [1.82, 2.24) is 0 Å². The predicted octanol–water partition coefficient (Wildman–Crippen LogP) is 2.56. The SMILES string of the molecule is CCN(c1ccc(F)cc1)S(=O)(=O)c1ccsc1CN. The van der Waals surface area contributed by atoms with Gasteiger partial charge in [0.05, 0.1) is 5.69 Å². The van der Waals surface area contributed by atoms with Crippen molar-refractivity contribution >= 4 is 27.0 Å². The van der Waals surface area contributed by atoms with Crippen LogP contribution in [0.15, 0.2) is 40.6 Å². The van der Waals surface area contributed by atoms with Crippen LogP contribution in [0.1, 0.15) is 11.8 Å². The van der Waals surface area contributed by atoms with Gasteiger partial charge in [-0.3, -0.25) is 4.31 Å². The van der Waals surface area contributed by atoms with Gasteiger partial charge >= 0.3 is 0 Å². The molecule has 0 saturated carbocycles. The average molecular weight is 314 g/mol. The van der Waals surface area contributed by atoms with Gasteiger partial charge < -0.3 is 5.73 Å². The van der Waals surface area contributed by atoms with Crippen LogP contribution >= 0.6 is 11.3 Å². The number of rotatable bonds is 5. The number of halogens is 1. The van der Waals surface area contributed by atoms with Crippen LogP contribution in [0, 0.1) is 5.82 Å². The molecule has 4 nitrogen and oxygen atoms in total. The molecule has 0 bridgehead atoms. The maximum Gasteiger partial charge on any atom is 0.265 e. The molecule has 1 aromatic carbocycles. The number of anilines is 1. The van der Waals surface area contributed by atoms with Crippen LogP contribution in [0.4, 0.5) is 10.1 Å². The lowest BCUT2D eigenvalue weighted by Gasteiger charge is -2.23. The second kappa shape index (κ2) is 5.90. The second-order valence-corrected chi connectivity index (χ2v) is 6.89. The zero-order chi connectivity index (χ0) is 14.8. The number of hydrogen-bond acceptors (Lipinski definition) is 4. The quantitative estimate of drug-likeness (QED) is 0.922. The fourth-order valence-corrected chi connectivity index (χ4v) is 4.71. The molecule has 1 aromatic heterocycles. The van der Waals surface area contributed by atoms with Gasteiger partial charge in [0.15, 0.2) is 0 Å². The maximum atomic E-state index is 13.0. The minimum atomic E-state index is -3.68. The predicted molar refractivity (Wildman–Crippen MR) is 78.8 cm³/mol. The Labute approximate surface area is 121 Å². The molecule has 2 N–H and O–H groups in total. The van der Waals surface area contributed by atoms with Crippen molar-refractivity contribution < 1.29 is 12.8 Å². The van der Waals surface area contributed by atoms with Crippen LogP contribution in [0.5, 0.6) is 0 Å². The molecule has 7 heteroatoms. The molecule has 2 rings (SSSR count). The van der Waals surface area contributed by atoms with E-state index >= 15 is 0 Å². The molecule has 0 atom stereocenters. The van der Waals surface area contributed by atoms with Crippen LogP contribution < -0.4 is 10.0 Å². The van der Waals surface area contributed by atoms with Crippen molar-refractivity contribution in [2.45, 2.75) is 18.4 Å². The van der Waals surface area contributed by atoms with E-state index in [1.165, 1.54) is 39.9 Å². The average Bonchev–Trinajstić information content (AvgIpc) is 2.90. The zero-order valence-corrected chi connectivity index (χ0v) is 12.5. The normalized spacial score (nSPS) is 11.6. The number of nitrogens with zero attached hydrogens (tertiary/aromatic N) is 1. The van der Waals surface area contributed by atoms with Gasteiger partial charge in [0, 0.05) is 18.0 Å². The molecule has 0 amide bonds. The maximum absolute atomic E-state index is 13.0. The molecule has 1 heterocycles. The van der Waals surface area contributed by atoms with Crippen LogP contribution in [0.2, 0.25) is 0 Å². The van der Waals surface area contributed by atoms with Crippen molar-refractivity contribution in [1.29, 1.82) is 0 Å². The smallest absolute Gasteiger partial charge is 0.265 e. The molecule has 0 spiro atoms. The standard InChI is InChI=1S/C13H15FN2O2S2/c1-2-16(11-5-3-10(14)4-6-11)20(17,18)13-7-8-19-12(13)9-15/h3-8H,2,9,15H2,1H3. The fourth-order valence-electron chi connectivity index (χ4n) is 1.92. The Morgan fingerprint density at radius 3 is 2.45 bits per heavy atom.